The maximum atomic E-state index is 14.3. The maximum absolute atomic E-state index is 14.3. The van der Waals surface area contributed by atoms with Crippen molar-refractivity contribution in [2.75, 3.05) is 11.9 Å². The zero-order chi connectivity index (χ0) is 16.2. The molecule has 116 valence electrons. The summed E-state index contributed by atoms with van der Waals surface area (Å²) in [7, 11) is 0. The fourth-order valence-corrected chi connectivity index (χ4v) is 1.75. The zero-order valence-corrected chi connectivity index (χ0v) is 13.1. The van der Waals surface area contributed by atoms with Crippen LogP contribution >= 0.6 is 11.6 Å². The molecule has 5 nitrogen and oxygen atoms in total. The number of carbonyl (C=O) groups is 2. The maximum Gasteiger partial charge on any atom is 0.412 e. The van der Waals surface area contributed by atoms with Crippen LogP contribution in [-0.2, 0) is 4.74 Å². The molecule has 0 atom stereocenters. The molecule has 1 rings (SSSR count). The van der Waals surface area contributed by atoms with Crippen molar-refractivity contribution in [3.05, 3.63) is 28.5 Å². The summed E-state index contributed by atoms with van der Waals surface area (Å²) in [6, 6.07) is 2.60. The van der Waals surface area contributed by atoms with Crippen LogP contribution in [0, 0.1) is 5.82 Å². The van der Waals surface area contributed by atoms with Crippen LogP contribution in [0.2, 0.25) is 5.02 Å². The molecule has 1 aromatic rings. The highest BCUT2D eigenvalue weighted by molar-refractivity contribution is 6.34. The van der Waals surface area contributed by atoms with Gasteiger partial charge in [0.2, 0.25) is 0 Å². The van der Waals surface area contributed by atoms with Gasteiger partial charge in [-0.3, -0.25) is 10.1 Å². The summed E-state index contributed by atoms with van der Waals surface area (Å²) in [4.78, 5) is 23.4. The lowest BCUT2D eigenvalue weighted by Crippen LogP contribution is -2.28. The Hall–Kier alpha value is -1.82. The third-order valence-corrected chi connectivity index (χ3v) is 2.61. The first kappa shape index (κ1) is 17.2. The van der Waals surface area contributed by atoms with E-state index in [9.17, 15) is 14.0 Å². The van der Waals surface area contributed by atoms with E-state index in [1.54, 1.807) is 27.7 Å². The lowest BCUT2D eigenvalue weighted by molar-refractivity contribution is 0.0634. The van der Waals surface area contributed by atoms with E-state index in [4.69, 9.17) is 16.3 Å². The molecule has 0 unspecified atom stereocenters. The van der Waals surface area contributed by atoms with Crippen LogP contribution in [0.5, 0.6) is 0 Å². The summed E-state index contributed by atoms with van der Waals surface area (Å²) >= 11 is 5.83. The molecule has 0 saturated heterocycles. The third-order valence-electron chi connectivity index (χ3n) is 2.29. The van der Waals surface area contributed by atoms with Crippen molar-refractivity contribution in [2.45, 2.75) is 33.3 Å². The minimum atomic E-state index is -0.903. The van der Waals surface area contributed by atoms with Gasteiger partial charge in [0.05, 0.1) is 16.3 Å². The Morgan fingerprint density at radius 1 is 1.33 bits per heavy atom. The molecular formula is C14H18ClFN2O3. The zero-order valence-electron chi connectivity index (χ0n) is 12.3. The largest absolute Gasteiger partial charge is 0.444 e. The number of rotatable bonds is 3. The number of hydrogen-bond donors (Lipinski definition) is 2. The normalized spacial score (nSPS) is 11.0. The van der Waals surface area contributed by atoms with Gasteiger partial charge in [-0.05, 0) is 39.8 Å². The molecule has 0 radical (unpaired) electrons. The Kier molecular flexibility index (Phi) is 5.54. The molecule has 7 heteroatoms. The number of halogens is 2. The highest BCUT2D eigenvalue weighted by Crippen LogP contribution is 2.26. The number of ether oxygens (including phenoxy) is 1. The van der Waals surface area contributed by atoms with E-state index in [0.29, 0.717) is 6.54 Å². The number of carbonyl (C=O) groups excluding carboxylic acids is 2. The average Bonchev–Trinajstić information content (AvgIpc) is 2.31. The number of anilines is 1. The van der Waals surface area contributed by atoms with E-state index in [2.05, 4.69) is 10.6 Å². The van der Waals surface area contributed by atoms with Crippen molar-refractivity contribution in [2.24, 2.45) is 0 Å². The summed E-state index contributed by atoms with van der Waals surface area (Å²) in [6.45, 7) is 7.09. The van der Waals surface area contributed by atoms with Gasteiger partial charge in [-0.2, -0.15) is 0 Å². The first-order valence-electron chi connectivity index (χ1n) is 6.42. The van der Waals surface area contributed by atoms with E-state index in [-0.39, 0.29) is 16.3 Å². The van der Waals surface area contributed by atoms with Gasteiger partial charge < -0.3 is 10.1 Å². The van der Waals surface area contributed by atoms with E-state index < -0.39 is 23.4 Å². The molecule has 2 amide bonds. The summed E-state index contributed by atoms with van der Waals surface area (Å²) in [5, 5.41) is 4.68. The Morgan fingerprint density at radius 2 is 1.95 bits per heavy atom. The van der Waals surface area contributed by atoms with E-state index in [1.165, 1.54) is 12.1 Å². The molecular weight excluding hydrogens is 299 g/mol. The highest BCUT2D eigenvalue weighted by atomic mass is 35.5. The van der Waals surface area contributed by atoms with E-state index >= 15 is 0 Å². The molecule has 21 heavy (non-hydrogen) atoms. The Labute approximate surface area is 127 Å². The lowest BCUT2D eigenvalue weighted by Gasteiger charge is -2.20. The molecule has 0 aliphatic heterocycles. The number of nitrogens with one attached hydrogen (secondary N) is 2. The van der Waals surface area contributed by atoms with Crippen LogP contribution in [0.3, 0.4) is 0 Å². The first-order chi connectivity index (χ1) is 9.65. The van der Waals surface area contributed by atoms with Crippen molar-refractivity contribution in [1.82, 2.24) is 5.32 Å². The van der Waals surface area contributed by atoms with Gasteiger partial charge in [0.1, 0.15) is 5.60 Å². The van der Waals surface area contributed by atoms with Crippen molar-refractivity contribution in [3.8, 4) is 0 Å². The Morgan fingerprint density at radius 3 is 2.48 bits per heavy atom. The van der Waals surface area contributed by atoms with Crippen molar-refractivity contribution < 1.29 is 18.7 Å². The van der Waals surface area contributed by atoms with Gasteiger partial charge in [0.15, 0.2) is 5.82 Å². The molecule has 0 bridgehead atoms. The first-order valence-corrected chi connectivity index (χ1v) is 6.79. The average molecular weight is 317 g/mol. The van der Waals surface area contributed by atoms with Gasteiger partial charge in [0, 0.05) is 6.54 Å². The minimum absolute atomic E-state index is 0.0341. The van der Waals surface area contributed by atoms with Crippen molar-refractivity contribution in [3.63, 3.8) is 0 Å². The van der Waals surface area contributed by atoms with E-state index in [1.807, 2.05) is 0 Å². The van der Waals surface area contributed by atoms with Crippen LogP contribution in [0.4, 0.5) is 14.9 Å². The molecule has 0 fully saturated rings. The van der Waals surface area contributed by atoms with Gasteiger partial charge in [-0.25, -0.2) is 9.18 Å². The third kappa shape index (κ3) is 4.90. The van der Waals surface area contributed by atoms with Gasteiger partial charge >= 0.3 is 6.09 Å². The van der Waals surface area contributed by atoms with Crippen LogP contribution in [-0.4, -0.2) is 24.1 Å². The standard InChI is InChI=1S/C14H18ClFN2O3/c1-5-17-12(19)10-8(15)6-7-9(11(10)16)18-13(20)21-14(2,3)4/h6-7H,5H2,1-4H3,(H,17,19)(H,18,20). The fraction of sp³-hybridized carbons (Fsp3) is 0.429. The van der Waals surface area contributed by atoms with Crippen LogP contribution in [0.25, 0.3) is 0 Å². The Balaban J connectivity index is 3.03. The molecule has 0 aromatic heterocycles. The predicted octanol–water partition coefficient (Wildman–Crippen LogP) is 3.58. The van der Waals surface area contributed by atoms with Crippen LogP contribution < -0.4 is 10.6 Å². The quantitative estimate of drug-likeness (QED) is 0.895. The number of amides is 2. The smallest absolute Gasteiger partial charge is 0.412 e. The monoisotopic (exact) mass is 316 g/mol. The second-order valence-electron chi connectivity index (χ2n) is 5.27. The molecule has 1 aromatic carbocycles. The molecule has 0 saturated carbocycles. The van der Waals surface area contributed by atoms with Crippen LogP contribution in [0.15, 0.2) is 12.1 Å². The molecule has 2 N–H and O–H groups in total. The minimum Gasteiger partial charge on any atom is -0.444 e. The molecule has 0 heterocycles. The summed E-state index contributed by atoms with van der Waals surface area (Å²) in [5.74, 6) is -1.55. The van der Waals surface area contributed by atoms with Gasteiger partial charge in [-0.1, -0.05) is 11.6 Å². The fourth-order valence-electron chi connectivity index (χ4n) is 1.52. The number of benzene rings is 1. The SMILES string of the molecule is CCNC(=O)c1c(Cl)ccc(NC(=O)OC(C)(C)C)c1F. The summed E-state index contributed by atoms with van der Waals surface area (Å²) in [6.07, 6.45) is -0.814. The number of hydrogen-bond acceptors (Lipinski definition) is 3. The van der Waals surface area contributed by atoms with Gasteiger partial charge in [-0.15, -0.1) is 0 Å². The van der Waals surface area contributed by atoms with E-state index in [0.717, 1.165) is 0 Å². The lowest BCUT2D eigenvalue weighted by atomic mass is 10.1. The molecule has 0 aliphatic carbocycles. The second-order valence-corrected chi connectivity index (χ2v) is 5.68. The Bertz CT molecular complexity index is 556. The highest BCUT2D eigenvalue weighted by Gasteiger charge is 2.22. The summed E-state index contributed by atoms with van der Waals surface area (Å²) < 4.78 is 19.3. The summed E-state index contributed by atoms with van der Waals surface area (Å²) in [5.41, 5.74) is -1.20. The molecule has 0 spiro atoms. The van der Waals surface area contributed by atoms with Crippen molar-refractivity contribution in [1.29, 1.82) is 0 Å². The van der Waals surface area contributed by atoms with Gasteiger partial charge in [0.25, 0.3) is 5.91 Å². The molecule has 0 aliphatic rings. The second kappa shape index (κ2) is 6.76. The van der Waals surface area contributed by atoms with Crippen molar-refractivity contribution >= 4 is 29.3 Å². The van der Waals surface area contributed by atoms with Crippen LogP contribution in [0.1, 0.15) is 38.1 Å². The predicted molar refractivity (Wildman–Crippen MR) is 79.3 cm³/mol. The topological polar surface area (TPSA) is 67.4 Å².